The van der Waals surface area contributed by atoms with Crippen LogP contribution in [0.2, 0.25) is 0 Å². The van der Waals surface area contributed by atoms with E-state index < -0.39 is 0 Å². The van der Waals surface area contributed by atoms with Crippen LogP contribution in [0.5, 0.6) is 5.75 Å². The van der Waals surface area contributed by atoms with E-state index in [1.54, 1.807) is 20.2 Å². The van der Waals surface area contributed by atoms with E-state index in [0.29, 0.717) is 12.3 Å². The molecule has 1 aliphatic heterocycles. The lowest BCUT2D eigenvalue weighted by molar-refractivity contribution is 0.182. The largest absolute Gasteiger partial charge is 0.506 e. The molecule has 2 rings (SSSR count). The van der Waals surface area contributed by atoms with Crippen LogP contribution >= 0.6 is 0 Å². The van der Waals surface area contributed by atoms with Gasteiger partial charge in [-0.25, -0.2) is 0 Å². The number of ether oxygens (including phenoxy) is 1. The Labute approximate surface area is 94.8 Å². The molecule has 1 aromatic heterocycles. The van der Waals surface area contributed by atoms with Gasteiger partial charge in [-0.3, -0.25) is 15.6 Å². The molecule has 0 saturated carbocycles. The molecule has 3 N–H and O–H groups in total. The lowest BCUT2D eigenvalue weighted by Crippen LogP contribution is -2.23. The van der Waals surface area contributed by atoms with Gasteiger partial charge in [-0.1, -0.05) is 0 Å². The molecule has 1 saturated heterocycles. The topological polar surface area (TPSA) is 66.4 Å². The second-order valence-electron chi connectivity index (χ2n) is 3.91. The lowest BCUT2D eigenvalue weighted by Gasteiger charge is -2.18. The standard InChI is InChI=1S/C11H17N3O2/c1-7-10(15)9(11-12-3-4-13-11)8(5-14-7)6-16-2/h5,11-13,15H,3-4,6H2,1-2H3. The van der Waals surface area contributed by atoms with Crippen LogP contribution in [-0.4, -0.2) is 30.3 Å². The first-order valence-corrected chi connectivity index (χ1v) is 5.37. The van der Waals surface area contributed by atoms with E-state index in [9.17, 15) is 5.11 Å². The molecule has 1 aliphatic rings. The first-order chi connectivity index (χ1) is 7.74. The molecule has 0 aromatic carbocycles. The summed E-state index contributed by atoms with van der Waals surface area (Å²) in [6.07, 6.45) is 1.75. The Morgan fingerprint density at radius 2 is 2.19 bits per heavy atom. The molecule has 16 heavy (non-hydrogen) atoms. The van der Waals surface area contributed by atoms with Crippen molar-refractivity contribution in [3.63, 3.8) is 0 Å². The predicted octanol–water partition coefficient (Wildman–Crippen LogP) is 0.433. The van der Waals surface area contributed by atoms with Gasteiger partial charge < -0.3 is 9.84 Å². The van der Waals surface area contributed by atoms with E-state index in [2.05, 4.69) is 15.6 Å². The van der Waals surface area contributed by atoms with Crippen LogP contribution in [0.3, 0.4) is 0 Å². The maximum Gasteiger partial charge on any atom is 0.143 e. The van der Waals surface area contributed by atoms with Gasteiger partial charge in [0.2, 0.25) is 0 Å². The van der Waals surface area contributed by atoms with Crippen molar-refractivity contribution in [1.82, 2.24) is 15.6 Å². The molecule has 5 heteroatoms. The highest BCUT2D eigenvalue weighted by Crippen LogP contribution is 2.29. The summed E-state index contributed by atoms with van der Waals surface area (Å²) >= 11 is 0. The molecule has 0 spiro atoms. The summed E-state index contributed by atoms with van der Waals surface area (Å²) in [5, 5.41) is 16.6. The third kappa shape index (κ3) is 2.02. The minimum absolute atomic E-state index is 0.00755. The Morgan fingerprint density at radius 3 is 2.81 bits per heavy atom. The minimum atomic E-state index is -0.00755. The van der Waals surface area contributed by atoms with Crippen LogP contribution in [0.4, 0.5) is 0 Å². The molecule has 0 bridgehead atoms. The summed E-state index contributed by atoms with van der Waals surface area (Å²) in [7, 11) is 1.64. The molecular weight excluding hydrogens is 206 g/mol. The van der Waals surface area contributed by atoms with Gasteiger partial charge in [0.1, 0.15) is 5.75 Å². The minimum Gasteiger partial charge on any atom is -0.506 e. The zero-order valence-electron chi connectivity index (χ0n) is 9.58. The fourth-order valence-corrected chi connectivity index (χ4v) is 1.95. The predicted molar refractivity (Wildman–Crippen MR) is 60.1 cm³/mol. The monoisotopic (exact) mass is 223 g/mol. The van der Waals surface area contributed by atoms with Gasteiger partial charge in [0.25, 0.3) is 0 Å². The maximum atomic E-state index is 10.1. The number of nitrogens with one attached hydrogen (secondary N) is 2. The first-order valence-electron chi connectivity index (χ1n) is 5.37. The number of pyridine rings is 1. The van der Waals surface area contributed by atoms with Crippen molar-refractivity contribution in [2.75, 3.05) is 20.2 Å². The van der Waals surface area contributed by atoms with E-state index in [-0.39, 0.29) is 11.9 Å². The summed E-state index contributed by atoms with van der Waals surface area (Å²) in [6, 6.07) is 0. The van der Waals surface area contributed by atoms with Crippen molar-refractivity contribution in [3.05, 3.63) is 23.0 Å². The number of aryl methyl sites for hydroxylation is 1. The summed E-state index contributed by atoms with van der Waals surface area (Å²) in [4.78, 5) is 4.14. The average Bonchev–Trinajstić information content (AvgIpc) is 2.77. The normalized spacial score (nSPS) is 16.9. The molecular formula is C11H17N3O2. The van der Waals surface area contributed by atoms with Gasteiger partial charge in [-0.2, -0.15) is 0 Å². The van der Waals surface area contributed by atoms with Crippen LogP contribution in [0.25, 0.3) is 0 Å². The molecule has 0 atom stereocenters. The number of aromatic hydroxyl groups is 1. The maximum absolute atomic E-state index is 10.1. The quantitative estimate of drug-likeness (QED) is 0.693. The Balaban J connectivity index is 2.40. The highest BCUT2D eigenvalue weighted by Gasteiger charge is 2.23. The Bertz CT molecular complexity index is 376. The van der Waals surface area contributed by atoms with E-state index in [0.717, 1.165) is 24.2 Å². The van der Waals surface area contributed by atoms with Crippen molar-refractivity contribution in [1.29, 1.82) is 0 Å². The Hall–Kier alpha value is -1.17. The van der Waals surface area contributed by atoms with Crippen LogP contribution in [0, 0.1) is 6.92 Å². The summed E-state index contributed by atoms with van der Waals surface area (Å²) in [5.74, 6) is 0.251. The van der Waals surface area contributed by atoms with E-state index >= 15 is 0 Å². The Kier molecular flexibility index (Phi) is 3.38. The van der Waals surface area contributed by atoms with E-state index in [1.807, 2.05) is 0 Å². The Morgan fingerprint density at radius 1 is 1.50 bits per heavy atom. The second-order valence-corrected chi connectivity index (χ2v) is 3.91. The highest BCUT2D eigenvalue weighted by molar-refractivity contribution is 5.43. The molecule has 0 amide bonds. The van der Waals surface area contributed by atoms with Crippen LogP contribution in [0.1, 0.15) is 23.0 Å². The van der Waals surface area contributed by atoms with Crippen molar-refractivity contribution < 1.29 is 9.84 Å². The summed E-state index contributed by atoms with van der Waals surface area (Å²) in [6.45, 7) is 4.05. The zero-order chi connectivity index (χ0) is 11.5. The number of nitrogens with zero attached hydrogens (tertiary/aromatic N) is 1. The average molecular weight is 223 g/mol. The number of methoxy groups -OCH3 is 1. The van der Waals surface area contributed by atoms with Gasteiger partial charge in [0.15, 0.2) is 0 Å². The van der Waals surface area contributed by atoms with Crippen molar-refractivity contribution in [3.8, 4) is 5.75 Å². The molecule has 2 heterocycles. The van der Waals surface area contributed by atoms with Gasteiger partial charge in [-0.05, 0) is 6.92 Å². The molecule has 1 fully saturated rings. The molecule has 0 unspecified atom stereocenters. The smallest absolute Gasteiger partial charge is 0.143 e. The molecule has 5 nitrogen and oxygen atoms in total. The van der Waals surface area contributed by atoms with Crippen molar-refractivity contribution in [2.24, 2.45) is 0 Å². The van der Waals surface area contributed by atoms with Gasteiger partial charge in [0, 0.05) is 37.5 Å². The fourth-order valence-electron chi connectivity index (χ4n) is 1.95. The van der Waals surface area contributed by atoms with Gasteiger partial charge in [0.05, 0.1) is 18.5 Å². The lowest BCUT2D eigenvalue weighted by atomic mass is 10.1. The van der Waals surface area contributed by atoms with E-state index in [1.165, 1.54) is 0 Å². The third-order valence-corrected chi connectivity index (χ3v) is 2.77. The van der Waals surface area contributed by atoms with Crippen molar-refractivity contribution >= 4 is 0 Å². The van der Waals surface area contributed by atoms with Crippen LogP contribution in [-0.2, 0) is 11.3 Å². The van der Waals surface area contributed by atoms with Gasteiger partial charge in [-0.15, -0.1) is 0 Å². The molecule has 1 aromatic rings. The number of rotatable bonds is 3. The number of hydrogen-bond donors (Lipinski definition) is 3. The zero-order valence-corrected chi connectivity index (χ0v) is 9.58. The van der Waals surface area contributed by atoms with E-state index in [4.69, 9.17) is 4.74 Å². The number of hydrogen-bond acceptors (Lipinski definition) is 5. The third-order valence-electron chi connectivity index (χ3n) is 2.77. The SMILES string of the molecule is COCc1cnc(C)c(O)c1C1NCCN1. The van der Waals surface area contributed by atoms with Crippen molar-refractivity contribution in [2.45, 2.75) is 19.7 Å². The fraction of sp³-hybridized carbons (Fsp3) is 0.545. The number of aromatic nitrogens is 1. The van der Waals surface area contributed by atoms with Crippen LogP contribution in [0.15, 0.2) is 6.20 Å². The first kappa shape index (κ1) is 11.3. The highest BCUT2D eigenvalue weighted by atomic mass is 16.5. The molecule has 0 aliphatic carbocycles. The summed E-state index contributed by atoms with van der Waals surface area (Å²) < 4.78 is 5.12. The van der Waals surface area contributed by atoms with Crippen LogP contribution < -0.4 is 10.6 Å². The summed E-state index contributed by atoms with van der Waals surface area (Å²) in [5.41, 5.74) is 2.41. The molecule has 88 valence electrons. The second kappa shape index (κ2) is 4.78. The molecule has 0 radical (unpaired) electrons. The van der Waals surface area contributed by atoms with Gasteiger partial charge >= 0.3 is 0 Å².